The SMILES string of the molecule is Cc1ccc2nc(NC3CC(C)(C)NC(C)(C)C3)c(/C=C3\SC(=S)N(C[C@H]4CCCO4)C3=O)c(=O)n2c1. The number of aryl methyl sites for hydroxylation is 1. The Bertz CT molecular complexity index is 1330. The predicted molar refractivity (Wildman–Crippen MR) is 153 cm³/mol. The molecule has 2 aromatic rings. The molecule has 0 saturated carbocycles. The maximum atomic E-state index is 13.8. The number of thiocarbonyl (C=S) groups is 1. The second kappa shape index (κ2) is 9.80. The Morgan fingerprint density at radius 1 is 1.24 bits per heavy atom. The minimum atomic E-state index is -0.215. The average Bonchev–Trinajstić information content (AvgIpc) is 3.39. The van der Waals surface area contributed by atoms with Gasteiger partial charge in [0.2, 0.25) is 0 Å². The lowest BCUT2D eigenvalue weighted by Gasteiger charge is -2.46. The summed E-state index contributed by atoms with van der Waals surface area (Å²) in [5, 5.41) is 7.28. The van der Waals surface area contributed by atoms with Crippen molar-refractivity contribution in [1.82, 2.24) is 19.6 Å². The summed E-state index contributed by atoms with van der Waals surface area (Å²) in [6.45, 7) is 11.9. The summed E-state index contributed by atoms with van der Waals surface area (Å²) in [6.07, 6.45) is 7.10. The fraction of sp³-hybridized carbons (Fsp3) is 0.556. The van der Waals surface area contributed by atoms with Gasteiger partial charge in [-0.05, 0) is 78.0 Å². The van der Waals surface area contributed by atoms with Gasteiger partial charge in [-0.25, -0.2) is 4.98 Å². The van der Waals surface area contributed by atoms with Crippen molar-refractivity contribution in [2.45, 2.75) is 83.5 Å². The van der Waals surface area contributed by atoms with Crippen molar-refractivity contribution in [3.05, 3.63) is 44.7 Å². The average molecular weight is 542 g/mol. The number of nitrogens with one attached hydrogen (secondary N) is 2. The quantitative estimate of drug-likeness (QED) is 0.432. The Hall–Kier alpha value is -2.27. The molecule has 1 atom stereocenters. The fourth-order valence-electron chi connectivity index (χ4n) is 5.90. The van der Waals surface area contributed by atoms with Crippen LogP contribution in [-0.2, 0) is 9.53 Å². The Balaban J connectivity index is 1.54. The molecular weight excluding hydrogens is 506 g/mol. The summed E-state index contributed by atoms with van der Waals surface area (Å²) in [5.74, 6) is 0.311. The van der Waals surface area contributed by atoms with E-state index in [1.165, 1.54) is 11.8 Å². The van der Waals surface area contributed by atoms with E-state index in [1.807, 2.05) is 19.1 Å². The van der Waals surface area contributed by atoms with E-state index in [0.717, 1.165) is 31.2 Å². The van der Waals surface area contributed by atoms with E-state index in [9.17, 15) is 9.59 Å². The first-order chi connectivity index (χ1) is 17.4. The first kappa shape index (κ1) is 26.3. The highest BCUT2D eigenvalue weighted by Crippen LogP contribution is 2.35. The van der Waals surface area contributed by atoms with Crippen LogP contribution >= 0.6 is 24.0 Å². The molecule has 0 aromatic carbocycles. The number of piperidine rings is 1. The smallest absolute Gasteiger partial charge is 0.267 e. The minimum absolute atomic E-state index is 0.00151. The van der Waals surface area contributed by atoms with Crippen LogP contribution in [0, 0.1) is 6.92 Å². The lowest BCUT2D eigenvalue weighted by molar-refractivity contribution is -0.123. The van der Waals surface area contributed by atoms with Gasteiger partial charge in [0.1, 0.15) is 15.8 Å². The molecule has 2 aromatic heterocycles. The van der Waals surface area contributed by atoms with Gasteiger partial charge in [0.05, 0.1) is 23.1 Å². The summed E-state index contributed by atoms with van der Waals surface area (Å²) in [5.41, 5.74) is 1.52. The Kier molecular flexibility index (Phi) is 6.97. The number of aromatic nitrogens is 2. The number of ether oxygens (including phenoxy) is 1. The molecule has 1 amide bonds. The Morgan fingerprint density at radius 3 is 2.65 bits per heavy atom. The second-order valence-electron chi connectivity index (χ2n) is 11.7. The van der Waals surface area contributed by atoms with E-state index in [-0.39, 0.29) is 34.7 Å². The van der Waals surface area contributed by atoms with Crippen LogP contribution in [0.4, 0.5) is 5.82 Å². The number of amides is 1. The maximum absolute atomic E-state index is 13.8. The molecule has 198 valence electrons. The molecule has 2 N–H and O–H groups in total. The molecule has 10 heteroatoms. The van der Waals surface area contributed by atoms with Crippen LogP contribution in [0.3, 0.4) is 0 Å². The van der Waals surface area contributed by atoms with Gasteiger partial charge >= 0.3 is 0 Å². The van der Waals surface area contributed by atoms with Crippen LogP contribution in [0.2, 0.25) is 0 Å². The molecule has 3 fully saturated rings. The molecule has 5 heterocycles. The van der Waals surface area contributed by atoms with E-state index in [0.29, 0.717) is 39.4 Å². The van der Waals surface area contributed by atoms with Crippen LogP contribution in [0.15, 0.2) is 28.0 Å². The summed E-state index contributed by atoms with van der Waals surface area (Å²) in [6, 6.07) is 3.90. The van der Waals surface area contributed by atoms with Crippen molar-refractivity contribution in [3.8, 4) is 0 Å². The number of carbonyl (C=O) groups excluding carboxylic acids is 1. The van der Waals surface area contributed by atoms with Gasteiger partial charge in [0, 0.05) is 29.9 Å². The van der Waals surface area contributed by atoms with Crippen LogP contribution in [-0.4, -0.2) is 60.9 Å². The monoisotopic (exact) mass is 541 g/mol. The topological polar surface area (TPSA) is 88.0 Å². The Morgan fingerprint density at radius 2 is 1.97 bits per heavy atom. The molecule has 3 aliphatic rings. The molecule has 5 rings (SSSR count). The maximum Gasteiger partial charge on any atom is 0.267 e. The standard InChI is InChI=1S/C27H35N5O3S2/c1-16-8-9-21-29-22(28-17-12-26(2,3)30-27(4,5)13-17)19(23(33)31(21)14-16)11-20-24(34)32(25(36)37-20)15-18-7-6-10-35-18/h8-9,11,14,17-18,28,30H,6-7,10,12-13,15H2,1-5H3/b20-11-/t18-/m1/s1. The number of hydrogen-bond donors (Lipinski definition) is 2. The lowest BCUT2D eigenvalue weighted by Crippen LogP contribution is -2.60. The van der Waals surface area contributed by atoms with Crippen molar-refractivity contribution in [1.29, 1.82) is 0 Å². The molecule has 0 aliphatic carbocycles. The zero-order valence-corrected chi connectivity index (χ0v) is 23.7. The first-order valence-corrected chi connectivity index (χ1v) is 14.1. The van der Waals surface area contributed by atoms with Gasteiger partial charge in [-0.1, -0.05) is 30.0 Å². The number of anilines is 1. The molecular formula is C27H35N5O3S2. The summed E-state index contributed by atoms with van der Waals surface area (Å²) in [4.78, 5) is 34.0. The van der Waals surface area contributed by atoms with Crippen molar-refractivity contribution in [2.75, 3.05) is 18.5 Å². The number of carbonyl (C=O) groups is 1. The van der Waals surface area contributed by atoms with E-state index in [4.69, 9.17) is 21.9 Å². The molecule has 3 saturated heterocycles. The number of fused-ring (bicyclic) bond motifs is 1. The first-order valence-electron chi connectivity index (χ1n) is 12.9. The van der Waals surface area contributed by atoms with Crippen molar-refractivity contribution in [2.24, 2.45) is 0 Å². The molecule has 0 radical (unpaired) electrons. The largest absolute Gasteiger partial charge is 0.376 e. The fourth-order valence-corrected chi connectivity index (χ4v) is 7.15. The van der Waals surface area contributed by atoms with Crippen molar-refractivity contribution >= 4 is 51.7 Å². The minimum Gasteiger partial charge on any atom is -0.376 e. The zero-order chi connectivity index (χ0) is 26.5. The summed E-state index contributed by atoms with van der Waals surface area (Å²) >= 11 is 6.77. The van der Waals surface area contributed by atoms with Crippen LogP contribution in [0.1, 0.15) is 64.5 Å². The number of nitrogens with zero attached hydrogens (tertiary/aromatic N) is 3. The number of rotatable bonds is 5. The highest BCUT2D eigenvalue weighted by Gasteiger charge is 2.39. The van der Waals surface area contributed by atoms with Gasteiger partial charge in [-0.2, -0.15) is 0 Å². The highest BCUT2D eigenvalue weighted by molar-refractivity contribution is 8.26. The summed E-state index contributed by atoms with van der Waals surface area (Å²) < 4.78 is 7.76. The zero-order valence-electron chi connectivity index (χ0n) is 22.1. The van der Waals surface area contributed by atoms with Gasteiger partial charge in [0.15, 0.2) is 0 Å². The molecule has 8 nitrogen and oxygen atoms in total. The third kappa shape index (κ3) is 5.62. The molecule has 3 aliphatic heterocycles. The highest BCUT2D eigenvalue weighted by atomic mass is 32.2. The van der Waals surface area contributed by atoms with Crippen molar-refractivity contribution < 1.29 is 9.53 Å². The summed E-state index contributed by atoms with van der Waals surface area (Å²) in [7, 11) is 0. The van der Waals surface area contributed by atoms with E-state index in [2.05, 4.69) is 38.3 Å². The van der Waals surface area contributed by atoms with Gasteiger partial charge in [-0.3, -0.25) is 18.9 Å². The van der Waals surface area contributed by atoms with Gasteiger partial charge in [-0.15, -0.1) is 0 Å². The normalized spacial score (nSPS) is 24.9. The van der Waals surface area contributed by atoms with E-state index in [1.54, 1.807) is 21.6 Å². The predicted octanol–water partition coefficient (Wildman–Crippen LogP) is 4.10. The van der Waals surface area contributed by atoms with Gasteiger partial charge in [0.25, 0.3) is 11.5 Å². The van der Waals surface area contributed by atoms with E-state index < -0.39 is 0 Å². The molecule has 37 heavy (non-hydrogen) atoms. The van der Waals surface area contributed by atoms with E-state index >= 15 is 0 Å². The molecule has 0 unspecified atom stereocenters. The van der Waals surface area contributed by atoms with Crippen LogP contribution in [0.25, 0.3) is 11.7 Å². The van der Waals surface area contributed by atoms with Crippen LogP contribution in [0.5, 0.6) is 0 Å². The van der Waals surface area contributed by atoms with Gasteiger partial charge < -0.3 is 15.4 Å². The number of thioether (sulfide) groups is 1. The second-order valence-corrected chi connectivity index (χ2v) is 13.4. The molecule has 0 bridgehead atoms. The van der Waals surface area contributed by atoms with Crippen LogP contribution < -0.4 is 16.2 Å². The number of pyridine rings is 1. The third-order valence-corrected chi connectivity index (χ3v) is 8.47. The third-order valence-electron chi connectivity index (χ3n) is 7.10. The lowest BCUT2D eigenvalue weighted by atomic mass is 9.79. The van der Waals surface area contributed by atoms with Crippen molar-refractivity contribution in [3.63, 3.8) is 0 Å². The number of hydrogen-bond acceptors (Lipinski definition) is 8. The Labute approximate surface area is 227 Å². The molecule has 0 spiro atoms.